The van der Waals surface area contributed by atoms with Gasteiger partial charge in [-0.15, -0.1) is 10.2 Å². The maximum Gasteiger partial charge on any atom is 0.422 e. The van der Waals surface area contributed by atoms with Crippen molar-refractivity contribution in [2.75, 3.05) is 11.5 Å². The van der Waals surface area contributed by atoms with Crippen LogP contribution in [0.3, 0.4) is 0 Å². The first-order valence-electron chi connectivity index (χ1n) is 10.7. The van der Waals surface area contributed by atoms with E-state index in [-0.39, 0.29) is 24.1 Å². The normalized spacial score (nSPS) is 13.4. The van der Waals surface area contributed by atoms with Crippen LogP contribution in [0.5, 0.6) is 5.75 Å². The Hall–Kier alpha value is -4.28. The van der Waals surface area contributed by atoms with Crippen LogP contribution in [0.2, 0.25) is 0 Å². The van der Waals surface area contributed by atoms with Gasteiger partial charge in [-0.05, 0) is 41.5 Å². The average molecular weight is 501 g/mol. The van der Waals surface area contributed by atoms with Crippen LogP contribution >= 0.6 is 0 Å². The second-order valence-electron chi connectivity index (χ2n) is 7.96. The molecular formula is C25H16F5N3O3. The van der Waals surface area contributed by atoms with Crippen LogP contribution in [0.4, 0.5) is 27.6 Å². The molecule has 0 saturated heterocycles. The van der Waals surface area contributed by atoms with Crippen LogP contribution in [0.25, 0.3) is 22.6 Å². The summed E-state index contributed by atoms with van der Waals surface area (Å²) in [4.78, 5) is 14.9. The number of hydrogen-bond donors (Lipinski definition) is 0. The van der Waals surface area contributed by atoms with Crippen molar-refractivity contribution in [1.82, 2.24) is 10.2 Å². The van der Waals surface area contributed by atoms with Crippen LogP contribution in [0.1, 0.15) is 28.2 Å². The van der Waals surface area contributed by atoms with Crippen molar-refractivity contribution in [1.29, 1.82) is 0 Å². The first kappa shape index (κ1) is 23.5. The summed E-state index contributed by atoms with van der Waals surface area (Å²) < 4.78 is 73.1. The van der Waals surface area contributed by atoms with E-state index in [1.165, 1.54) is 23.1 Å². The van der Waals surface area contributed by atoms with Gasteiger partial charge in [0.15, 0.2) is 6.61 Å². The number of para-hydroxylation sites is 1. The highest BCUT2D eigenvalue weighted by molar-refractivity contribution is 6.12. The number of aromatic nitrogens is 2. The summed E-state index contributed by atoms with van der Waals surface area (Å²) in [6.45, 7) is -1.18. The molecule has 3 aromatic carbocycles. The third-order valence-corrected chi connectivity index (χ3v) is 5.53. The lowest BCUT2D eigenvalue weighted by Gasteiger charge is -2.20. The van der Waals surface area contributed by atoms with Crippen molar-refractivity contribution < 1.29 is 35.9 Å². The zero-order valence-corrected chi connectivity index (χ0v) is 18.3. The monoisotopic (exact) mass is 501 g/mol. The number of hydrogen-bond acceptors (Lipinski definition) is 5. The summed E-state index contributed by atoms with van der Waals surface area (Å²) in [5.41, 5.74) is 3.11. The Morgan fingerprint density at radius 3 is 2.50 bits per heavy atom. The molecular weight excluding hydrogens is 485 g/mol. The number of benzene rings is 3. The third-order valence-electron chi connectivity index (χ3n) is 5.53. The van der Waals surface area contributed by atoms with Gasteiger partial charge < -0.3 is 14.1 Å². The van der Waals surface area contributed by atoms with Crippen molar-refractivity contribution in [2.24, 2.45) is 0 Å². The third kappa shape index (κ3) is 4.64. The quantitative estimate of drug-likeness (QED) is 0.284. The molecule has 0 radical (unpaired) electrons. The van der Waals surface area contributed by atoms with Crippen LogP contribution in [-0.4, -0.2) is 28.9 Å². The van der Waals surface area contributed by atoms with Gasteiger partial charge >= 0.3 is 12.6 Å². The minimum absolute atomic E-state index is 0.0445. The van der Waals surface area contributed by atoms with Gasteiger partial charge in [0.1, 0.15) is 5.75 Å². The largest absolute Gasteiger partial charge is 0.484 e. The van der Waals surface area contributed by atoms with Gasteiger partial charge in [0.05, 0.1) is 12.2 Å². The Balaban J connectivity index is 1.44. The van der Waals surface area contributed by atoms with Crippen molar-refractivity contribution in [3.8, 4) is 28.3 Å². The number of nitrogens with zero attached hydrogens (tertiary/aromatic N) is 3. The van der Waals surface area contributed by atoms with E-state index in [1.807, 2.05) is 0 Å². The fourth-order valence-corrected chi connectivity index (χ4v) is 3.94. The van der Waals surface area contributed by atoms with Crippen molar-refractivity contribution in [3.05, 3.63) is 83.7 Å². The summed E-state index contributed by atoms with van der Waals surface area (Å²) in [6, 6.07) is 18.0. The molecule has 1 aromatic heterocycles. The summed E-state index contributed by atoms with van der Waals surface area (Å²) in [7, 11) is 0. The van der Waals surface area contributed by atoms with E-state index in [9.17, 15) is 26.7 Å². The van der Waals surface area contributed by atoms with E-state index in [0.29, 0.717) is 33.5 Å². The molecule has 0 saturated carbocycles. The highest BCUT2D eigenvalue weighted by Gasteiger charge is 2.31. The molecule has 4 aromatic rings. The molecule has 1 aliphatic rings. The van der Waals surface area contributed by atoms with Gasteiger partial charge in [0, 0.05) is 16.7 Å². The number of fused-ring (bicyclic) bond motifs is 1. The lowest BCUT2D eigenvalue weighted by molar-refractivity contribution is -0.153. The summed E-state index contributed by atoms with van der Waals surface area (Å²) >= 11 is 0. The van der Waals surface area contributed by atoms with E-state index in [0.717, 1.165) is 0 Å². The Kier molecular flexibility index (Phi) is 5.91. The van der Waals surface area contributed by atoms with Crippen LogP contribution < -0.4 is 9.64 Å². The number of alkyl halides is 5. The van der Waals surface area contributed by atoms with Crippen molar-refractivity contribution >= 4 is 11.6 Å². The lowest BCUT2D eigenvalue weighted by Crippen LogP contribution is -2.23. The minimum Gasteiger partial charge on any atom is -0.484 e. The molecule has 0 atom stereocenters. The van der Waals surface area contributed by atoms with Crippen LogP contribution in [-0.2, 0) is 6.54 Å². The molecule has 1 aliphatic heterocycles. The molecule has 0 spiro atoms. The predicted octanol–water partition coefficient (Wildman–Crippen LogP) is 6.44. The van der Waals surface area contributed by atoms with Gasteiger partial charge in [-0.3, -0.25) is 4.79 Å². The highest BCUT2D eigenvalue weighted by Crippen LogP contribution is 2.38. The van der Waals surface area contributed by atoms with E-state index in [4.69, 9.17) is 9.15 Å². The zero-order chi connectivity index (χ0) is 25.4. The maximum absolute atomic E-state index is 13.3. The van der Waals surface area contributed by atoms with Gasteiger partial charge in [0.2, 0.25) is 5.89 Å². The number of anilines is 1. The number of ether oxygens (including phenoxy) is 1. The molecule has 5 rings (SSSR count). The van der Waals surface area contributed by atoms with Gasteiger partial charge in [-0.25, -0.2) is 0 Å². The van der Waals surface area contributed by atoms with Gasteiger partial charge in [0.25, 0.3) is 11.8 Å². The number of halogens is 5. The Labute approximate surface area is 200 Å². The molecule has 36 heavy (non-hydrogen) atoms. The standard InChI is InChI=1S/C25H16F5N3O3/c26-21(27)23-32-31-22(36-23)15-8-9-16-12-33(24(34)19(16)11-15)20-7-2-1-6-18(20)14-4-3-5-17(10-14)35-13-25(28,29)30/h1-11,21H,12-13H2. The van der Waals surface area contributed by atoms with E-state index >= 15 is 0 Å². The van der Waals surface area contributed by atoms with Crippen LogP contribution in [0.15, 0.2) is 71.1 Å². The second kappa shape index (κ2) is 9.06. The molecule has 0 aliphatic carbocycles. The molecule has 0 fully saturated rings. The zero-order valence-electron chi connectivity index (χ0n) is 18.3. The molecule has 0 bridgehead atoms. The second-order valence-corrected chi connectivity index (χ2v) is 7.96. The molecule has 11 heteroatoms. The molecule has 1 amide bonds. The maximum atomic E-state index is 13.3. The Morgan fingerprint density at radius 2 is 1.75 bits per heavy atom. The summed E-state index contributed by atoms with van der Waals surface area (Å²) in [5, 5.41) is 6.94. The Morgan fingerprint density at radius 1 is 0.944 bits per heavy atom. The van der Waals surface area contributed by atoms with Crippen molar-refractivity contribution in [2.45, 2.75) is 19.1 Å². The molecule has 0 unspecified atom stereocenters. The number of amides is 1. The van der Waals surface area contributed by atoms with E-state index < -0.39 is 25.1 Å². The van der Waals surface area contributed by atoms with E-state index in [1.54, 1.807) is 48.5 Å². The van der Waals surface area contributed by atoms with Gasteiger partial charge in [-0.1, -0.05) is 36.4 Å². The topological polar surface area (TPSA) is 68.5 Å². The fourth-order valence-electron chi connectivity index (χ4n) is 3.94. The number of carbonyl (C=O) groups excluding carboxylic acids is 1. The first-order chi connectivity index (χ1) is 17.2. The van der Waals surface area contributed by atoms with Crippen LogP contribution in [0, 0.1) is 0 Å². The average Bonchev–Trinajstić information content (AvgIpc) is 3.48. The Bertz CT molecular complexity index is 1430. The van der Waals surface area contributed by atoms with Gasteiger partial charge in [-0.2, -0.15) is 22.0 Å². The molecule has 2 heterocycles. The molecule has 0 N–H and O–H groups in total. The fraction of sp³-hybridized carbons (Fsp3) is 0.160. The number of rotatable bonds is 6. The van der Waals surface area contributed by atoms with Crippen molar-refractivity contribution in [3.63, 3.8) is 0 Å². The molecule has 184 valence electrons. The summed E-state index contributed by atoms with van der Waals surface area (Å²) in [5.74, 6) is -1.23. The smallest absolute Gasteiger partial charge is 0.422 e. The minimum atomic E-state index is -4.47. The predicted molar refractivity (Wildman–Crippen MR) is 119 cm³/mol. The first-order valence-corrected chi connectivity index (χ1v) is 10.7. The highest BCUT2D eigenvalue weighted by atomic mass is 19.4. The SMILES string of the molecule is O=C1c2cc(-c3nnc(C(F)F)o3)ccc2CN1c1ccccc1-c1cccc(OCC(F)(F)F)c1. The lowest BCUT2D eigenvalue weighted by atomic mass is 10.0. The molecule has 6 nitrogen and oxygen atoms in total. The van der Waals surface area contributed by atoms with E-state index in [2.05, 4.69) is 10.2 Å². The number of carbonyl (C=O) groups is 1. The summed E-state index contributed by atoms with van der Waals surface area (Å²) in [6.07, 6.45) is -7.38.